The molecule has 0 unspecified atom stereocenters. The minimum atomic E-state index is -3.51. The predicted octanol–water partition coefficient (Wildman–Crippen LogP) is 1.01. The summed E-state index contributed by atoms with van der Waals surface area (Å²) in [5.74, 6) is 0.564. The van der Waals surface area contributed by atoms with E-state index in [-0.39, 0.29) is 10.8 Å². The molecule has 0 saturated carbocycles. The van der Waals surface area contributed by atoms with Crippen molar-refractivity contribution in [2.75, 3.05) is 39.3 Å². The smallest absolute Gasteiger partial charge is 0.251 e. The van der Waals surface area contributed by atoms with Crippen molar-refractivity contribution in [2.45, 2.75) is 39.0 Å². The van der Waals surface area contributed by atoms with Crippen molar-refractivity contribution in [1.82, 2.24) is 9.62 Å². The molecule has 1 aliphatic heterocycles. The number of hydrogen-bond donors (Lipinski definition) is 2. The van der Waals surface area contributed by atoms with Crippen LogP contribution in [0.2, 0.25) is 0 Å². The zero-order valence-electron chi connectivity index (χ0n) is 17.0. The Balaban J connectivity index is 2.00. The number of rotatable bonds is 8. The third-order valence-corrected chi connectivity index (χ3v) is 7.20. The number of likely N-dealkylation sites (N-methyl/N-ethyl adjacent to an activating group) is 1. The monoisotopic (exact) mass is 396 g/mol. The van der Waals surface area contributed by atoms with E-state index in [0.29, 0.717) is 37.0 Å². The van der Waals surface area contributed by atoms with Gasteiger partial charge in [0.05, 0.1) is 31.1 Å². The van der Waals surface area contributed by atoms with Gasteiger partial charge in [-0.15, -0.1) is 0 Å². The van der Waals surface area contributed by atoms with Gasteiger partial charge in [0.2, 0.25) is 10.0 Å². The van der Waals surface area contributed by atoms with Crippen LogP contribution < -0.4 is 10.2 Å². The molecule has 0 aromatic heterocycles. The van der Waals surface area contributed by atoms with Gasteiger partial charge in [-0.1, -0.05) is 13.8 Å². The van der Waals surface area contributed by atoms with Crippen LogP contribution in [0.4, 0.5) is 0 Å². The highest BCUT2D eigenvalue weighted by Crippen LogP contribution is 2.26. The van der Waals surface area contributed by atoms with Crippen LogP contribution in [0.5, 0.6) is 0 Å². The van der Waals surface area contributed by atoms with E-state index in [1.807, 2.05) is 0 Å². The molecule has 2 N–H and O–H groups in total. The second-order valence-corrected chi connectivity index (χ2v) is 9.69. The van der Waals surface area contributed by atoms with Crippen molar-refractivity contribution in [3.63, 3.8) is 0 Å². The zero-order valence-corrected chi connectivity index (χ0v) is 17.8. The molecule has 2 atom stereocenters. The lowest BCUT2D eigenvalue weighted by atomic mass is 9.94. The Kier molecular flexibility index (Phi) is 7.82. The van der Waals surface area contributed by atoms with Gasteiger partial charge in [0, 0.05) is 18.7 Å². The number of piperidine rings is 1. The average molecular weight is 397 g/mol. The van der Waals surface area contributed by atoms with Crippen molar-refractivity contribution in [3.05, 3.63) is 29.8 Å². The summed E-state index contributed by atoms with van der Waals surface area (Å²) in [4.78, 5) is 14.0. The number of nitrogens with zero attached hydrogens (tertiary/aromatic N) is 1. The van der Waals surface area contributed by atoms with Gasteiger partial charge < -0.3 is 10.2 Å². The maximum absolute atomic E-state index is 12.9. The van der Waals surface area contributed by atoms with Crippen LogP contribution in [0.25, 0.3) is 0 Å². The number of nitrogens with one attached hydrogen (secondary N) is 2. The predicted molar refractivity (Wildman–Crippen MR) is 107 cm³/mol. The lowest BCUT2D eigenvalue weighted by molar-refractivity contribution is -0.895. The van der Waals surface area contributed by atoms with Gasteiger partial charge in [0.15, 0.2) is 0 Å². The summed E-state index contributed by atoms with van der Waals surface area (Å²) in [6, 6.07) is 6.29. The molecular formula is C20H34N3O3S+. The van der Waals surface area contributed by atoms with Gasteiger partial charge >= 0.3 is 0 Å². The van der Waals surface area contributed by atoms with Crippen LogP contribution in [0.3, 0.4) is 0 Å². The molecule has 152 valence electrons. The molecule has 1 saturated heterocycles. The first kappa shape index (κ1) is 21.9. The van der Waals surface area contributed by atoms with E-state index in [2.05, 4.69) is 33.0 Å². The first-order valence-corrected chi connectivity index (χ1v) is 11.4. The number of hydrogen-bond acceptors (Lipinski definition) is 3. The van der Waals surface area contributed by atoms with E-state index < -0.39 is 10.0 Å². The van der Waals surface area contributed by atoms with Gasteiger partial charge in [-0.2, -0.15) is 4.31 Å². The molecule has 0 aliphatic carbocycles. The lowest BCUT2D eigenvalue weighted by Crippen LogP contribution is -3.12. The Labute approximate surface area is 164 Å². The minimum absolute atomic E-state index is 0.161. The molecule has 1 amide bonds. The van der Waals surface area contributed by atoms with E-state index in [1.165, 1.54) is 4.90 Å². The normalized spacial score (nSPS) is 21.4. The second kappa shape index (κ2) is 9.66. The molecule has 1 fully saturated rings. The van der Waals surface area contributed by atoms with E-state index in [9.17, 15) is 13.2 Å². The van der Waals surface area contributed by atoms with Gasteiger partial charge in [-0.25, -0.2) is 8.42 Å². The fourth-order valence-corrected chi connectivity index (χ4v) is 5.47. The number of sulfonamides is 1. The molecule has 2 rings (SSSR count). The van der Waals surface area contributed by atoms with Crippen molar-refractivity contribution < 1.29 is 18.1 Å². The van der Waals surface area contributed by atoms with Crippen molar-refractivity contribution >= 4 is 15.9 Å². The number of quaternary nitrogens is 1. The summed E-state index contributed by atoms with van der Waals surface area (Å²) in [7, 11) is -3.51. The van der Waals surface area contributed by atoms with Crippen LogP contribution in [0, 0.1) is 11.8 Å². The summed E-state index contributed by atoms with van der Waals surface area (Å²) in [6.07, 6.45) is 1.06. The molecular weight excluding hydrogens is 362 g/mol. The molecule has 1 aromatic rings. The maximum Gasteiger partial charge on any atom is 0.251 e. The second-order valence-electron chi connectivity index (χ2n) is 7.76. The Hall–Kier alpha value is -1.44. The minimum Gasteiger partial charge on any atom is -0.346 e. The first-order valence-electron chi connectivity index (χ1n) is 9.99. The molecule has 6 nitrogen and oxygen atoms in total. The Bertz CT molecular complexity index is 704. The third-order valence-electron chi connectivity index (χ3n) is 5.35. The van der Waals surface area contributed by atoms with Crippen molar-refractivity contribution in [3.8, 4) is 0 Å². The maximum atomic E-state index is 12.9. The van der Waals surface area contributed by atoms with E-state index in [0.717, 1.165) is 26.1 Å². The molecule has 0 spiro atoms. The molecule has 0 radical (unpaired) electrons. The topological polar surface area (TPSA) is 70.9 Å². The largest absolute Gasteiger partial charge is 0.346 e. The fourth-order valence-electron chi connectivity index (χ4n) is 3.79. The number of carbonyl (C=O) groups is 1. The molecule has 7 heteroatoms. The summed E-state index contributed by atoms with van der Waals surface area (Å²) in [5, 5.41) is 2.91. The summed E-state index contributed by atoms with van der Waals surface area (Å²) in [5.41, 5.74) is 0.490. The van der Waals surface area contributed by atoms with E-state index in [1.54, 1.807) is 28.6 Å². The summed E-state index contributed by atoms with van der Waals surface area (Å²) >= 11 is 0. The SMILES string of the molecule is CC[NH+](CC)CCNC(=O)c1ccc(S(=O)(=O)N2C[C@@H](C)C[C@H](C)C2)cc1. The van der Waals surface area contributed by atoms with Crippen LogP contribution >= 0.6 is 0 Å². The molecule has 1 heterocycles. The van der Waals surface area contributed by atoms with Gasteiger partial charge in [-0.05, 0) is 56.4 Å². The van der Waals surface area contributed by atoms with Crippen molar-refractivity contribution in [2.24, 2.45) is 11.8 Å². The molecule has 0 bridgehead atoms. The van der Waals surface area contributed by atoms with E-state index in [4.69, 9.17) is 0 Å². The zero-order chi connectivity index (χ0) is 20.0. The Morgan fingerprint density at radius 3 is 2.19 bits per heavy atom. The highest BCUT2D eigenvalue weighted by Gasteiger charge is 2.31. The summed E-state index contributed by atoms with van der Waals surface area (Å²) in [6.45, 7) is 13.1. The standard InChI is InChI=1S/C20H33N3O3S/c1-5-22(6-2)12-11-21-20(24)18-7-9-19(10-8-18)27(25,26)23-14-16(3)13-17(4)15-23/h7-10,16-17H,5-6,11-15H2,1-4H3,(H,21,24)/p+1/t16-,17-/m0/s1. The number of benzene rings is 1. The van der Waals surface area contributed by atoms with Gasteiger partial charge in [0.1, 0.15) is 0 Å². The van der Waals surface area contributed by atoms with Crippen LogP contribution in [-0.2, 0) is 10.0 Å². The molecule has 27 heavy (non-hydrogen) atoms. The van der Waals surface area contributed by atoms with Crippen LogP contribution in [-0.4, -0.2) is 57.9 Å². The number of amides is 1. The Morgan fingerprint density at radius 2 is 1.67 bits per heavy atom. The van der Waals surface area contributed by atoms with Gasteiger partial charge in [-0.3, -0.25) is 4.79 Å². The molecule has 1 aliphatic rings. The quantitative estimate of drug-likeness (QED) is 0.689. The summed E-state index contributed by atoms with van der Waals surface area (Å²) < 4.78 is 27.4. The fraction of sp³-hybridized carbons (Fsp3) is 0.650. The average Bonchev–Trinajstić information content (AvgIpc) is 2.64. The first-order chi connectivity index (χ1) is 12.8. The highest BCUT2D eigenvalue weighted by molar-refractivity contribution is 7.89. The van der Waals surface area contributed by atoms with Crippen LogP contribution in [0.15, 0.2) is 29.2 Å². The van der Waals surface area contributed by atoms with E-state index >= 15 is 0 Å². The highest BCUT2D eigenvalue weighted by atomic mass is 32.2. The third kappa shape index (κ3) is 5.77. The number of carbonyl (C=O) groups excluding carboxylic acids is 1. The van der Waals surface area contributed by atoms with Crippen molar-refractivity contribution in [1.29, 1.82) is 0 Å². The lowest BCUT2D eigenvalue weighted by Gasteiger charge is -2.34. The Morgan fingerprint density at radius 1 is 1.11 bits per heavy atom. The van der Waals surface area contributed by atoms with Gasteiger partial charge in [0.25, 0.3) is 5.91 Å². The van der Waals surface area contributed by atoms with Crippen LogP contribution in [0.1, 0.15) is 44.5 Å². The molecule has 1 aromatic carbocycles.